The van der Waals surface area contributed by atoms with Gasteiger partial charge in [0.05, 0.1) is 0 Å². The van der Waals surface area contributed by atoms with Crippen LogP contribution in [0.3, 0.4) is 0 Å². The van der Waals surface area contributed by atoms with Crippen molar-refractivity contribution in [3.05, 3.63) is 35.9 Å². The first-order valence-electron chi connectivity index (χ1n) is 5.32. The van der Waals surface area contributed by atoms with Gasteiger partial charge in [0.15, 0.2) is 0 Å². The van der Waals surface area contributed by atoms with Gasteiger partial charge in [0.25, 0.3) is 0 Å². The van der Waals surface area contributed by atoms with Crippen molar-refractivity contribution in [2.45, 2.75) is 33.0 Å². The highest BCUT2D eigenvalue weighted by atomic mass is 16.6. The normalized spacial score (nSPS) is 10.8. The SMILES string of the molecule is CC(=O)OC(C)(C)C(=O)OCc1ccccc1. The first-order chi connectivity index (χ1) is 7.92. The van der Waals surface area contributed by atoms with Crippen LogP contribution in [0.5, 0.6) is 0 Å². The van der Waals surface area contributed by atoms with E-state index in [1.54, 1.807) is 0 Å². The van der Waals surface area contributed by atoms with Crippen LogP contribution in [-0.2, 0) is 25.7 Å². The Morgan fingerprint density at radius 1 is 1.18 bits per heavy atom. The molecule has 4 nitrogen and oxygen atoms in total. The quantitative estimate of drug-likeness (QED) is 0.751. The van der Waals surface area contributed by atoms with Crippen LogP contribution < -0.4 is 0 Å². The maximum atomic E-state index is 11.7. The van der Waals surface area contributed by atoms with Crippen molar-refractivity contribution in [1.29, 1.82) is 0 Å². The lowest BCUT2D eigenvalue weighted by atomic mass is 10.1. The van der Waals surface area contributed by atoms with Gasteiger partial charge in [0.1, 0.15) is 6.61 Å². The van der Waals surface area contributed by atoms with Gasteiger partial charge in [0, 0.05) is 6.92 Å². The summed E-state index contributed by atoms with van der Waals surface area (Å²) in [5.41, 5.74) is -0.361. The maximum Gasteiger partial charge on any atom is 0.350 e. The molecule has 0 saturated carbocycles. The number of hydrogen-bond donors (Lipinski definition) is 0. The monoisotopic (exact) mass is 236 g/mol. The first kappa shape index (κ1) is 13.2. The summed E-state index contributed by atoms with van der Waals surface area (Å²) in [6.07, 6.45) is 0. The van der Waals surface area contributed by atoms with Gasteiger partial charge < -0.3 is 9.47 Å². The molecule has 0 aliphatic carbocycles. The van der Waals surface area contributed by atoms with Crippen molar-refractivity contribution in [3.8, 4) is 0 Å². The number of rotatable bonds is 4. The van der Waals surface area contributed by atoms with E-state index < -0.39 is 17.5 Å². The van der Waals surface area contributed by atoms with Crippen LogP contribution in [-0.4, -0.2) is 17.5 Å². The van der Waals surface area contributed by atoms with Gasteiger partial charge in [-0.25, -0.2) is 4.79 Å². The second-order valence-corrected chi connectivity index (χ2v) is 4.17. The molecule has 0 N–H and O–H groups in total. The summed E-state index contributed by atoms with van der Waals surface area (Å²) in [5, 5.41) is 0. The van der Waals surface area contributed by atoms with E-state index in [4.69, 9.17) is 9.47 Å². The topological polar surface area (TPSA) is 52.6 Å². The third-order valence-corrected chi connectivity index (χ3v) is 2.10. The standard InChI is InChI=1S/C13H16O4/c1-10(14)17-13(2,3)12(15)16-9-11-7-5-4-6-8-11/h4-8H,9H2,1-3H3. The summed E-state index contributed by atoms with van der Waals surface area (Å²) >= 11 is 0. The number of hydrogen-bond acceptors (Lipinski definition) is 4. The van der Waals surface area contributed by atoms with Gasteiger partial charge in [-0.15, -0.1) is 0 Å². The van der Waals surface area contributed by atoms with E-state index >= 15 is 0 Å². The molecular formula is C13H16O4. The Morgan fingerprint density at radius 2 is 1.76 bits per heavy atom. The summed E-state index contributed by atoms with van der Waals surface area (Å²) in [4.78, 5) is 22.5. The molecule has 92 valence electrons. The molecule has 1 rings (SSSR count). The van der Waals surface area contributed by atoms with Crippen molar-refractivity contribution in [2.24, 2.45) is 0 Å². The molecule has 0 heterocycles. The highest BCUT2D eigenvalue weighted by Gasteiger charge is 2.32. The summed E-state index contributed by atoms with van der Waals surface area (Å²) in [6.45, 7) is 4.43. The molecule has 0 unspecified atom stereocenters. The predicted octanol–water partition coefficient (Wildman–Crippen LogP) is 2.07. The van der Waals surface area contributed by atoms with Crippen molar-refractivity contribution >= 4 is 11.9 Å². The Labute approximate surface area is 101 Å². The van der Waals surface area contributed by atoms with Gasteiger partial charge in [0.2, 0.25) is 5.60 Å². The second kappa shape index (κ2) is 5.48. The Kier molecular flexibility index (Phi) is 4.26. The first-order valence-corrected chi connectivity index (χ1v) is 5.32. The van der Waals surface area contributed by atoms with Crippen LogP contribution in [0.25, 0.3) is 0 Å². The van der Waals surface area contributed by atoms with E-state index in [-0.39, 0.29) is 6.61 Å². The number of carbonyl (C=O) groups excluding carboxylic acids is 2. The van der Waals surface area contributed by atoms with Crippen LogP contribution in [0.15, 0.2) is 30.3 Å². The highest BCUT2D eigenvalue weighted by Crippen LogP contribution is 2.13. The van der Waals surface area contributed by atoms with Gasteiger partial charge in [-0.1, -0.05) is 30.3 Å². The van der Waals surface area contributed by atoms with Crippen molar-refractivity contribution in [2.75, 3.05) is 0 Å². The maximum absolute atomic E-state index is 11.7. The lowest BCUT2D eigenvalue weighted by Gasteiger charge is -2.22. The van der Waals surface area contributed by atoms with Gasteiger partial charge >= 0.3 is 11.9 Å². The summed E-state index contributed by atoms with van der Waals surface area (Å²) in [7, 11) is 0. The van der Waals surface area contributed by atoms with E-state index in [9.17, 15) is 9.59 Å². The lowest BCUT2D eigenvalue weighted by Crippen LogP contribution is -2.38. The third-order valence-electron chi connectivity index (χ3n) is 2.10. The van der Waals surface area contributed by atoms with Crippen LogP contribution in [0.1, 0.15) is 26.3 Å². The van der Waals surface area contributed by atoms with Crippen molar-refractivity contribution in [3.63, 3.8) is 0 Å². The summed E-state index contributed by atoms with van der Waals surface area (Å²) in [5.74, 6) is -1.07. The zero-order valence-corrected chi connectivity index (χ0v) is 10.2. The molecule has 0 fully saturated rings. The summed E-state index contributed by atoms with van der Waals surface area (Å²) < 4.78 is 9.95. The van der Waals surface area contributed by atoms with E-state index in [0.717, 1.165) is 5.56 Å². The molecule has 0 amide bonds. The average molecular weight is 236 g/mol. The highest BCUT2D eigenvalue weighted by molar-refractivity contribution is 5.82. The molecule has 0 aliphatic rings. The number of carbonyl (C=O) groups is 2. The number of ether oxygens (including phenoxy) is 2. The Bertz CT molecular complexity index is 395. The fourth-order valence-corrected chi connectivity index (χ4v) is 1.30. The molecule has 0 aromatic heterocycles. The minimum absolute atomic E-state index is 0.171. The average Bonchev–Trinajstić information content (AvgIpc) is 2.25. The zero-order valence-electron chi connectivity index (χ0n) is 10.2. The smallest absolute Gasteiger partial charge is 0.350 e. The fourth-order valence-electron chi connectivity index (χ4n) is 1.30. The summed E-state index contributed by atoms with van der Waals surface area (Å²) in [6, 6.07) is 9.31. The number of benzene rings is 1. The van der Waals surface area contributed by atoms with Gasteiger partial charge in [-0.05, 0) is 19.4 Å². The van der Waals surface area contributed by atoms with Crippen LogP contribution in [0.2, 0.25) is 0 Å². The third kappa shape index (κ3) is 4.26. The Balaban J connectivity index is 2.52. The van der Waals surface area contributed by atoms with Crippen molar-refractivity contribution in [1.82, 2.24) is 0 Å². The van der Waals surface area contributed by atoms with Gasteiger partial charge in [-0.3, -0.25) is 4.79 Å². The van der Waals surface area contributed by atoms with Crippen molar-refractivity contribution < 1.29 is 19.1 Å². The molecule has 0 saturated heterocycles. The van der Waals surface area contributed by atoms with E-state index in [0.29, 0.717) is 0 Å². The lowest BCUT2D eigenvalue weighted by molar-refractivity contribution is -0.178. The molecule has 0 spiro atoms. The molecular weight excluding hydrogens is 220 g/mol. The Hall–Kier alpha value is -1.84. The van der Waals surface area contributed by atoms with Gasteiger partial charge in [-0.2, -0.15) is 0 Å². The molecule has 0 bridgehead atoms. The molecule has 0 aliphatic heterocycles. The second-order valence-electron chi connectivity index (χ2n) is 4.17. The molecule has 4 heteroatoms. The molecule has 1 aromatic rings. The molecule has 1 aromatic carbocycles. The number of esters is 2. The molecule has 0 atom stereocenters. The van der Waals surface area contributed by atoms with E-state index in [1.165, 1.54) is 20.8 Å². The Morgan fingerprint density at radius 3 is 2.29 bits per heavy atom. The fraction of sp³-hybridized carbons (Fsp3) is 0.385. The molecule has 17 heavy (non-hydrogen) atoms. The minimum Gasteiger partial charge on any atom is -0.458 e. The van der Waals surface area contributed by atoms with E-state index in [2.05, 4.69) is 0 Å². The largest absolute Gasteiger partial charge is 0.458 e. The van der Waals surface area contributed by atoms with Crippen LogP contribution in [0, 0.1) is 0 Å². The zero-order chi connectivity index (χ0) is 12.9. The molecule has 0 radical (unpaired) electrons. The van der Waals surface area contributed by atoms with E-state index in [1.807, 2.05) is 30.3 Å². The minimum atomic E-state index is -1.25. The predicted molar refractivity (Wildman–Crippen MR) is 62.1 cm³/mol. The van der Waals surface area contributed by atoms with Crippen LogP contribution in [0.4, 0.5) is 0 Å². The van der Waals surface area contributed by atoms with Crippen LogP contribution >= 0.6 is 0 Å².